The summed E-state index contributed by atoms with van der Waals surface area (Å²) >= 11 is 3.34. The van der Waals surface area contributed by atoms with Gasteiger partial charge in [-0.15, -0.1) is 0 Å². The number of halogens is 2. The summed E-state index contributed by atoms with van der Waals surface area (Å²) in [6.07, 6.45) is 1.80. The third kappa shape index (κ3) is 3.65. The maximum atomic E-state index is 12.0. The van der Waals surface area contributed by atoms with Crippen molar-refractivity contribution in [3.63, 3.8) is 0 Å². The summed E-state index contributed by atoms with van der Waals surface area (Å²) in [6, 6.07) is 12.8. The third-order valence-electron chi connectivity index (χ3n) is 2.46. The number of rotatable bonds is 3. The Hall–Kier alpha value is -1.20. The third-order valence-corrected chi connectivity index (χ3v) is 2.98. The highest BCUT2D eigenvalue weighted by atomic mass is 79.9. The van der Waals surface area contributed by atoms with Gasteiger partial charge in [-0.2, -0.15) is 0 Å². The van der Waals surface area contributed by atoms with E-state index in [9.17, 15) is 4.79 Å². The summed E-state index contributed by atoms with van der Waals surface area (Å²) in [4.78, 5) is 12.0. The number of nitrogen functional groups attached to an aromatic ring is 1. The van der Waals surface area contributed by atoms with E-state index in [0.717, 1.165) is 4.47 Å². The van der Waals surface area contributed by atoms with Crippen LogP contribution in [0.4, 0.5) is 5.82 Å². The molecule has 0 bridgehead atoms. The Kier molecular flexibility index (Phi) is 5.50. The number of benzene rings is 1. The van der Waals surface area contributed by atoms with E-state index in [1.54, 1.807) is 29.0 Å². The lowest BCUT2D eigenvalue weighted by Gasteiger charge is -2.02. The molecule has 5 heteroatoms. The predicted octanol–water partition coefficient (Wildman–Crippen LogP) is -0.794. The van der Waals surface area contributed by atoms with Gasteiger partial charge in [-0.05, 0) is 18.2 Å². The number of hydrogen-bond acceptors (Lipinski definition) is 2. The van der Waals surface area contributed by atoms with Gasteiger partial charge in [0.15, 0.2) is 6.54 Å². The number of ketones is 1. The Morgan fingerprint density at radius 3 is 2.44 bits per heavy atom. The van der Waals surface area contributed by atoms with Crippen LogP contribution in [0.5, 0.6) is 0 Å². The fraction of sp³-hybridized carbons (Fsp3) is 0.0769. The van der Waals surface area contributed by atoms with Gasteiger partial charge >= 0.3 is 0 Å². The number of hydrogen-bond donors (Lipinski definition) is 1. The van der Waals surface area contributed by atoms with Crippen molar-refractivity contribution in [2.24, 2.45) is 0 Å². The fourth-order valence-corrected chi connectivity index (χ4v) is 1.78. The van der Waals surface area contributed by atoms with Crippen molar-refractivity contribution in [1.29, 1.82) is 0 Å². The molecule has 0 radical (unpaired) electrons. The summed E-state index contributed by atoms with van der Waals surface area (Å²) in [5.41, 5.74) is 6.46. The second kappa shape index (κ2) is 6.66. The van der Waals surface area contributed by atoms with Crippen molar-refractivity contribution < 1.29 is 26.3 Å². The summed E-state index contributed by atoms with van der Waals surface area (Å²) < 4.78 is 2.69. The lowest BCUT2D eigenvalue weighted by molar-refractivity contribution is -0.668. The fourth-order valence-electron chi connectivity index (χ4n) is 1.52. The van der Waals surface area contributed by atoms with Gasteiger partial charge in [0.25, 0.3) is 5.82 Å². The molecule has 1 heterocycles. The summed E-state index contributed by atoms with van der Waals surface area (Å²) in [5, 5.41) is 0. The summed E-state index contributed by atoms with van der Waals surface area (Å²) in [6.45, 7) is 0.258. The van der Waals surface area contributed by atoms with E-state index in [-0.39, 0.29) is 29.3 Å². The molecule has 0 saturated carbocycles. The van der Waals surface area contributed by atoms with Gasteiger partial charge in [0.05, 0.1) is 6.20 Å². The van der Waals surface area contributed by atoms with Crippen LogP contribution in [0.25, 0.3) is 0 Å². The van der Waals surface area contributed by atoms with E-state index in [2.05, 4.69) is 15.9 Å². The molecule has 94 valence electrons. The number of aromatic nitrogens is 1. The molecule has 1 aromatic carbocycles. The maximum Gasteiger partial charge on any atom is 0.272 e. The first-order valence-corrected chi connectivity index (χ1v) is 5.99. The first-order valence-electron chi connectivity index (χ1n) is 5.19. The number of Topliss-reactive ketones (excluding diaryl/α,β-unsaturated/α-hetero) is 1. The molecule has 0 aliphatic carbocycles. The highest BCUT2D eigenvalue weighted by Gasteiger charge is 2.11. The van der Waals surface area contributed by atoms with Crippen molar-refractivity contribution in [2.75, 3.05) is 5.73 Å². The van der Waals surface area contributed by atoms with E-state index in [1.165, 1.54) is 0 Å². The average molecular weight is 372 g/mol. The van der Waals surface area contributed by atoms with Crippen LogP contribution in [0.2, 0.25) is 0 Å². The summed E-state index contributed by atoms with van der Waals surface area (Å²) in [7, 11) is 0. The van der Waals surface area contributed by atoms with Crippen LogP contribution in [0.1, 0.15) is 10.4 Å². The zero-order valence-electron chi connectivity index (χ0n) is 9.51. The zero-order chi connectivity index (χ0) is 12.3. The van der Waals surface area contributed by atoms with Crippen LogP contribution < -0.4 is 27.3 Å². The number of anilines is 1. The molecule has 0 fully saturated rings. The minimum absolute atomic E-state index is 0. The maximum absolute atomic E-state index is 12.0. The van der Waals surface area contributed by atoms with E-state index < -0.39 is 0 Å². The molecule has 0 saturated heterocycles. The smallest absolute Gasteiger partial charge is 0.272 e. The molecule has 0 aliphatic heterocycles. The van der Waals surface area contributed by atoms with Crippen LogP contribution in [-0.2, 0) is 6.54 Å². The van der Waals surface area contributed by atoms with E-state index in [4.69, 9.17) is 5.73 Å². The SMILES string of the molecule is Nc1cccc[n+]1CC(=O)c1ccc(Br)cc1.[Br-]. The molecule has 0 spiro atoms. The molecular formula is C13H12Br2N2O. The Morgan fingerprint density at radius 1 is 1.17 bits per heavy atom. The summed E-state index contributed by atoms with van der Waals surface area (Å²) in [5.74, 6) is 0.623. The molecule has 2 rings (SSSR count). The van der Waals surface area contributed by atoms with Crippen LogP contribution in [-0.4, -0.2) is 5.78 Å². The second-order valence-corrected chi connectivity index (χ2v) is 4.60. The van der Waals surface area contributed by atoms with Crippen LogP contribution >= 0.6 is 15.9 Å². The number of nitrogens with zero attached hydrogens (tertiary/aromatic N) is 1. The van der Waals surface area contributed by atoms with Crippen molar-refractivity contribution >= 4 is 27.5 Å². The Morgan fingerprint density at radius 2 is 1.83 bits per heavy atom. The molecule has 0 aliphatic rings. The van der Waals surface area contributed by atoms with E-state index in [1.807, 2.05) is 24.3 Å². The van der Waals surface area contributed by atoms with Gasteiger partial charge in [0.2, 0.25) is 5.78 Å². The van der Waals surface area contributed by atoms with Gasteiger partial charge in [0.1, 0.15) is 0 Å². The zero-order valence-corrected chi connectivity index (χ0v) is 12.7. The lowest BCUT2D eigenvalue weighted by Crippen LogP contribution is -3.00. The topological polar surface area (TPSA) is 47.0 Å². The van der Waals surface area contributed by atoms with Gasteiger partial charge < -0.3 is 17.0 Å². The van der Waals surface area contributed by atoms with Crippen molar-refractivity contribution in [3.8, 4) is 0 Å². The largest absolute Gasteiger partial charge is 1.00 e. The number of pyridine rings is 1. The predicted molar refractivity (Wildman–Crippen MR) is 69.5 cm³/mol. The lowest BCUT2D eigenvalue weighted by atomic mass is 10.1. The molecular weight excluding hydrogens is 360 g/mol. The van der Waals surface area contributed by atoms with Gasteiger partial charge in [-0.3, -0.25) is 10.5 Å². The van der Waals surface area contributed by atoms with Crippen molar-refractivity contribution in [1.82, 2.24) is 0 Å². The van der Waals surface area contributed by atoms with Crippen molar-refractivity contribution in [2.45, 2.75) is 6.54 Å². The van der Waals surface area contributed by atoms with Crippen LogP contribution in [0.15, 0.2) is 53.1 Å². The number of carbonyl (C=O) groups excluding carboxylic acids is 1. The van der Waals surface area contributed by atoms with Crippen molar-refractivity contribution in [3.05, 3.63) is 58.7 Å². The Balaban J connectivity index is 0.00000162. The highest BCUT2D eigenvalue weighted by Crippen LogP contribution is 2.11. The average Bonchev–Trinajstić information content (AvgIpc) is 2.33. The minimum Gasteiger partial charge on any atom is -1.00 e. The molecule has 0 atom stereocenters. The first kappa shape index (κ1) is 14.9. The standard InChI is InChI=1S/C13H11BrN2O.BrH/c14-11-6-4-10(5-7-11)12(17)9-16-8-2-1-3-13(16)15;/h1-8,15H,9H2;1H. The molecule has 2 N–H and O–H groups in total. The minimum atomic E-state index is 0. The van der Waals surface area contributed by atoms with E-state index in [0.29, 0.717) is 11.4 Å². The van der Waals surface area contributed by atoms with E-state index >= 15 is 0 Å². The van der Waals surface area contributed by atoms with Gasteiger partial charge in [0, 0.05) is 16.1 Å². The molecule has 3 nitrogen and oxygen atoms in total. The van der Waals surface area contributed by atoms with Crippen LogP contribution in [0.3, 0.4) is 0 Å². The Bertz CT molecular complexity index is 541. The van der Waals surface area contributed by atoms with Crippen LogP contribution in [0, 0.1) is 0 Å². The number of nitrogens with two attached hydrogens (primary N) is 1. The normalized spacial score (nSPS) is 9.61. The highest BCUT2D eigenvalue weighted by molar-refractivity contribution is 9.10. The van der Waals surface area contributed by atoms with Gasteiger partial charge in [-0.1, -0.05) is 34.1 Å². The Labute approximate surface area is 125 Å². The monoisotopic (exact) mass is 370 g/mol. The first-order chi connectivity index (χ1) is 8.16. The number of carbonyl (C=O) groups is 1. The van der Waals surface area contributed by atoms with Gasteiger partial charge in [-0.25, -0.2) is 4.57 Å². The molecule has 0 unspecified atom stereocenters. The molecule has 0 amide bonds. The quantitative estimate of drug-likeness (QED) is 0.567. The molecule has 18 heavy (non-hydrogen) atoms. The second-order valence-electron chi connectivity index (χ2n) is 3.68. The molecule has 1 aromatic heterocycles. The molecule has 2 aromatic rings.